The summed E-state index contributed by atoms with van der Waals surface area (Å²) in [5.41, 5.74) is 0. The molecule has 0 aliphatic carbocycles. The molecule has 0 amide bonds. The standard InChI is InChI=1S/C6H13NO2.Na/c1-5(2)7-4-3-6(8)9;/h5,7H,3-4H2,1-2H3,(H,8,9);/q;+1/p-1. The van der Waals surface area contributed by atoms with Gasteiger partial charge in [-0.15, -0.1) is 0 Å². The second kappa shape index (κ2) is 7.54. The molecule has 0 saturated carbocycles. The van der Waals surface area contributed by atoms with E-state index in [0.29, 0.717) is 12.6 Å². The molecular formula is C6H12NNaO2. The van der Waals surface area contributed by atoms with Gasteiger partial charge in [-0.25, -0.2) is 0 Å². The van der Waals surface area contributed by atoms with Crippen molar-refractivity contribution < 1.29 is 39.5 Å². The third-order valence-electron chi connectivity index (χ3n) is 0.882. The van der Waals surface area contributed by atoms with Crippen molar-refractivity contribution >= 4 is 5.97 Å². The van der Waals surface area contributed by atoms with E-state index in [2.05, 4.69) is 5.32 Å². The minimum Gasteiger partial charge on any atom is -0.550 e. The van der Waals surface area contributed by atoms with Crippen molar-refractivity contribution in [2.75, 3.05) is 6.54 Å². The molecule has 3 nitrogen and oxygen atoms in total. The summed E-state index contributed by atoms with van der Waals surface area (Å²) < 4.78 is 0. The summed E-state index contributed by atoms with van der Waals surface area (Å²) in [5, 5.41) is 12.8. The minimum absolute atomic E-state index is 0. The fourth-order valence-electron chi connectivity index (χ4n) is 0.463. The van der Waals surface area contributed by atoms with Gasteiger partial charge in [0.2, 0.25) is 0 Å². The molecule has 0 saturated heterocycles. The summed E-state index contributed by atoms with van der Waals surface area (Å²) >= 11 is 0. The zero-order valence-corrected chi connectivity index (χ0v) is 8.81. The number of carbonyl (C=O) groups is 1. The fraction of sp³-hybridized carbons (Fsp3) is 0.833. The molecule has 0 unspecified atom stereocenters. The second-order valence-corrected chi connectivity index (χ2v) is 2.23. The minimum atomic E-state index is -0.997. The molecule has 10 heavy (non-hydrogen) atoms. The van der Waals surface area contributed by atoms with Crippen LogP contribution in [0.3, 0.4) is 0 Å². The van der Waals surface area contributed by atoms with Crippen molar-refractivity contribution in [1.82, 2.24) is 5.32 Å². The maximum atomic E-state index is 9.83. The number of carboxylic acids is 1. The van der Waals surface area contributed by atoms with Crippen molar-refractivity contribution in [2.24, 2.45) is 0 Å². The molecule has 0 radical (unpaired) electrons. The van der Waals surface area contributed by atoms with Crippen molar-refractivity contribution in [2.45, 2.75) is 26.3 Å². The topological polar surface area (TPSA) is 52.2 Å². The Balaban J connectivity index is 0. The third kappa shape index (κ3) is 11.3. The number of rotatable bonds is 4. The van der Waals surface area contributed by atoms with Crippen LogP contribution in [0.15, 0.2) is 0 Å². The van der Waals surface area contributed by atoms with Crippen LogP contribution in [0.2, 0.25) is 0 Å². The van der Waals surface area contributed by atoms with Crippen LogP contribution in [0, 0.1) is 0 Å². The normalized spacial score (nSPS) is 9.10. The van der Waals surface area contributed by atoms with Gasteiger partial charge in [0.15, 0.2) is 0 Å². The summed E-state index contributed by atoms with van der Waals surface area (Å²) in [6.45, 7) is 4.44. The molecule has 0 bridgehead atoms. The number of nitrogens with one attached hydrogen (secondary N) is 1. The maximum absolute atomic E-state index is 9.83. The van der Waals surface area contributed by atoms with Gasteiger partial charge in [-0.3, -0.25) is 0 Å². The number of hydrogen-bond acceptors (Lipinski definition) is 3. The predicted octanol–water partition coefficient (Wildman–Crippen LogP) is -3.87. The average Bonchev–Trinajstić information content (AvgIpc) is 1.63. The Bertz CT molecular complexity index is 95.7. The average molecular weight is 153 g/mol. The van der Waals surface area contributed by atoms with Gasteiger partial charge >= 0.3 is 29.6 Å². The quantitative estimate of drug-likeness (QED) is 0.420. The predicted molar refractivity (Wildman–Crippen MR) is 32.8 cm³/mol. The van der Waals surface area contributed by atoms with E-state index in [9.17, 15) is 9.90 Å². The Morgan fingerprint density at radius 2 is 2.10 bits per heavy atom. The summed E-state index contributed by atoms with van der Waals surface area (Å²) in [6.07, 6.45) is 0.0954. The summed E-state index contributed by atoms with van der Waals surface area (Å²) in [4.78, 5) is 9.83. The van der Waals surface area contributed by atoms with Crippen LogP contribution in [0.1, 0.15) is 20.3 Å². The van der Waals surface area contributed by atoms with Gasteiger partial charge in [0.1, 0.15) is 0 Å². The van der Waals surface area contributed by atoms with Gasteiger partial charge in [0.25, 0.3) is 0 Å². The van der Waals surface area contributed by atoms with Crippen molar-refractivity contribution in [3.8, 4) is 0 Å². The van der Waals surface area contributed by atoms with Crippen LogP contribution < -0.4 is 40.0 Å². The molecule has 0 aliphatic rings. The smallest absolute Gasteiger partial charge is 0.550 e. The zero-order chi connectivity index (χ0) is 7.28. The summed E-state index contributed by atoms with van der Waals surface area (Å²) in [6, 6.07) is 0.351. The first-order chi connectivity index (χ1) is 4.13. The Morgan fingerprint density at radius 1 is 1.60 bits per heavy atom. The molecule has 0 atom stereocenters. The zero-order valence-electron chi connectivity index (χ0n) is 6.81. The molecule has 0 spiro atoms. The van der Waals surface area contributed by atoms with Crippen molar-refractivity contribution in [3.05, 3.63) is 0 Å². The number of hydrogen-bond donors (Lipinski definition) is 1. The fourth-order valence-corrected chi connectivity index (χ4v) is 0.463. The van der Waals surface area contributed by atoms with Crippen LogP contribution >= 0.6 is 0 Å². The van der Waals surface area contributed by atoms with Crippen LogP contribution in [-0.4, -0.2) is 18.6 Å². The van der Waals surface area contributed by atoms with E-state index in [-0.39, 0.29) is 36.0 Å². The second-order valence-electron chi connectivity index (χ2n) is 2.23. The molecule has 0 aliphatic heterocycles. The van der Waals surface area contributed by atoms with Crippen LogP contribution in [0.25, 0.3) is 0 Å². The van der Waals surface area contributed by atoms with Gasteiger partial charge in [-0.2, -0.15) is 0 Å². The van der Waals surface area contributed by atoms with E-state index >= 15 is 0 Å². The third-order valence-corrected chi connectivity index (χ3v) is 0.882. The first-order valence-corrected chi connectivity index (χ1v) is 3.06. The molecule has 54 valence electrons. The van der Waals surface area contributed by atoms with Crippen LogP contribution in [-0.2, 0) is 4.79 Å². The Hall–Kier alpha value is 0.430. The largest absolute Gasteiger partial charge is 1.00 e. The van der Waals surface area contributed by atoms with Gasteiger partial charge in [0, 0.05) is 18.6 Å². The maximum Gasteiger partial charge on any atom is 1.00 e. The van der Waals surface area contributed by atoms with E-state index in [0.717, 1.165) is 0 Å². The van der Waals surface area contributed by atoms with Gasteiger partial charge in [-0.05, 0) is 6.42 Å². The van der Waals surface area contributed by atoms with Crippen LogP contribution in [0.5, 0.6) is 0 Å². The molecule has 4 heteroatoms. The van der Waals surface area contributed by atoms with Crippen molar-refractivity contribution in [1.29, 1.82) is 0 Å². The summed E-state index contributed by atoms with van der Waals surface area (Å²) in [5.74, 6) is -0.997. The molecule has 0 fully saturated rings. The van der Waals surface area contributed by atoms with Crippen LogP contribution in [0.4, 0.5) is 0 Å². The van der Waals surface area contributed by atoms with Crippen molar-refractivity contribution in [3.63, 3.8) is 0 Å². The van der Waals surface area contributed by atoms with Gasteiger partial charge < -0.3 is 15.2 Å². The molecule has 0 rings (SSSR count). The molecule has 0 heterocycles. The van der Waals surface area contributed by atoms with E-state index in [4.69, 9.17) is 0 Å². The number of carbonyl (C=O) groups excluding carboxylic acids is 1. The number of carboxylic acid groups (broad SMARTS) is 1. The Kier molecular flexibility index (Phi) is 9.84. The summed E-state index contributed by atoms with van der Waals surface area (Å²) in [7, 11) is 0. The van der Waals surface area contributed by atoms with Gasteiger partial charge in [0.05, 0.1) is 0 Å². The van der Waals surface area contributed by atoms with E-state index < -0.39 is 5.97 Å². The SMILES string of the molecule is CC(C)NCCC(=O)[O-].[Na+]. The molecular weight excluding hydrogens is 141 g/mol. The van der Waals surface area contributed by atoms with Gasteiger partial charge in [-0.1, -0.05) is 13.8 Å². The molecule has 0 aromatic rings. The van der Waals surface area contributed by atoms with E-state index in [1.165, 1.54) is 0 Å². The first-order valence-electron chi connectivity index (χ1n) is 3.06. The Morgan fingerprint density at radius 3 is 2.40 bits per heavy atom. The molecule has 1 N–H and O–H groups in total. The van der Waals surface area contributed by atoms with E-state index in [1.807, 2.05) is 13.8 Å². The molecule has 0 aromatic carbocycles. The van der Waals surface area contributed by atoms with E-state index in [1.54, 1.807) is 0 Å². The Labute approximate surface area is 83.5 Å². The molecule has 0 aromatic heterocycles. The first kappa shape index (κ1) is 13.1. The number of aliphatic carboxylic acids is 1. The monoisotopic (exact) mass is 153 g/mol.